The van der Waals surface area contributed by atoms with Crippen LogP contribution in [0.15, 0.2) is 65.8 Å². The van der Waals surface area contributed by atoms with Gasteiger partial charge in [-0.05, 0) is 35.0 Å². The average molecular weight is 387 g/mol. The molecule has 3 rings (SSSR count). The van der Waals surface area contributed by atoms with Gasteiger partial charge in [0.25, 0.3) is 5.91 Å². The Morgan fingerprint density at radius 3 is 2.64 bits per heavy atom. The molecule has 0 bridgehead atoms. The van der Waals surface area contributed by atoms with Crippen LogP contribution in [0.5, 0.6) is 5.75 Å². The first-order valence-corrected chi connectivity index (χ1v) is 8.28. The maximum atomic E-state index is 12.7. The summed E-state index contributed by atoms with van der Waals surface area (Å²) in [7, 11) is 0. The summed E-state index contributed by atoms with van der Waals surface area (Å²) >= 11 is 0. The van der Waals surface area contributed by atoms with Crippen molar-refractivity contribution in [2.75, 3.05) is 11.9 Å². The lowest BCUT2D eigenvalue weighted by atomic mass is 10.0. The third-order valence-electron chi connectivity index (χ3n) is 3.97. The highest BCUT2D eigenvalue weighted by atomic mass is 19.4. The van der Waals surface area contributed by atoms with Crippen molar-refractivity contribution >= 4 is 28.6 Å². The summed E-state index contributed by atoms with van der Waals surface area (Å²) in [6, 6.07) is 15.2. The molecular formula is C20H16F3N3O2. The molecule has 0 heterocycles. The van der Waals surface area contributed by atoms with E-state index in [4.69, 9.17) is 0 Å². The zero-order valence-electron chi connectivity index (χ0n) is 14.5. The third kappa shape index (κ3) is 4.59. The molecule has 8 heteroatoms. The number of alkyl halides is 3. The highest BCUT2D eigenvalue weighted by Gasteiger charge is 2.30. The fourth-order valence-electron chi connectivity index (χ4n) is 2.62. The molecule has 0 radical (unpaired) electrons. The number of phenols is 1. The van der Waals surface area contributed by atoms with E-state index in [1.54, 1.807) is 6.07 Å². The summed E-state index contributed by atoms with van der Waals surface area (Å²) in [5.74, 6) is -0.535. The van der Waals surface area contributed by atoms with Crippen molar-refractivity contribution in [2.24, 2.45) is 5.10 Å². The number of carbonyl (C=O) groups is 1. The van der Waals surface area contributed by atoms with Gasteiger partial charge in [0.1, 0.15) is 5.75 Å². The van der Waals surface area contributed by atoms with E-state index in [0.29, 0.717) is 5.56 Å². The second-order valence-electron chi connectivity index (χ2n) is 5.94. The molecule has 3 N–H and O–H groups in total. The molecule has 0 aliphatic rings. The molecule has 0 spiro atoms. The molecule has 5 nitrogen and oxygen atoms in total. The SMILES string of the molecule is O=C(CNc1cccc(C(F)(F)F)c1)N/N=C/c1c(O)ccc2ccccc12. The first-order valence-electron chi connectivity index (χ1n) is 8.28. The zero-order chi connectivity index (χ0) is 20.1. The average Bonchev–Trinajstić information content (AvgIpc) is 2.67. The van der Waals surface area contributed by atoms with Crippen molar-refractivity contribution in [3.8, 4) is 5.75 Å². The van der Waals surface area contributed by atoms with Gasteiger partial charge in [0.2, 0.25) is 0 Å². The molecule has 0 saturated heterocycles. The summed E-state index contributed by atoms with van der Waals surface area (Å²) < 4.78 is 38.1. The largest absolute Gasteiger partial charge is 0.507 e. The van der Waals surface area contributed by atoms with E-state index in [-0.39, 0.29) is 18.0 Å². The predicted octanol–water partition coefficient (Wildman–Crippen LogP) is 4.13. The van der Waals surface area contributed by atoms with Gasteiger partial charge in [0, 0.05) is 11.3 Å². The highest BCUT2D eigenvalue weighted by molar-refractivity contribution is 6.02. The predicted molar refractivity (Wildman–Crippen MR) is 101 cm³/mol. The van der Waals surface area contributed by atoms with Crippen LogP contribution in [0.4, 0.5) is 18.9 Å². The number of nitrogens with zero attached hydrogens (tertiary/aromatic N) is 1. The Hall–Kier alpha value is -3.55. The first-order chi connectivity index (χ1) is 13.3. The van der Waals surface area contributed by atoms with Crippen LogP contribution in [0.3, 0.4) is 0 Å². The number of fused-ring (bicyclic) bond motifs is 1. The topological polar surface area (TPSA) is 73.7 Å². The minimum Gasteiger partial charge on any atom is -0.507 e. The molecule has 28 heavy (non-hydrogen) atoms. The van der Waals surface area contributed by atoms with E-state index in [2.05, 4.69) is 15.8 Å². The Labute approximate surface area is 158 Å². The number of rotatable bonds is 5. The van der Waals surface area contributed by atoms with E-state index in [9.17, 15) is 23.1 Å². The van der Waals surface area contributed by atoms with Crippen molar-refractivity contribution in [2.45, 2.75) is 6.18 Å². The lowest BCUT2D eigenvalue weighted by Gasteiger charge is -2.10. The fraction of sp³-hybridized carbons (Fsp3) is 0.100. The molecule has 144 valence electrons. The molecule has 0 fully saturated rings. The monoisotopic (exact) mass is 387 g/mol. The van der Waals surface area contributed by atoms with Crippen molar-refractivity contribution in [1.82, 2.24) is 5.43 Å². The van der Waals surface area contributed by atoms with Gasteiger partial charge in [0.15, 0.2) is 0 Å². The van der Waals surface area contributed by atoms with Gasteiger partial charge in [-0.1, -0.05) is 36.4 Å². The number of anilines is 1. The van der Waals surface area contributed by atoms with Crippen LogP contribution in [0.1, 0.15) is 11.1 Å². The van der Waals surface area contributed by atoms with Crippen LogP contribution in [0.2, 0.25) is 0 Å². The molecule has 3 aromatic carbocycles. The van der Waals surface area contributed by atoms with Crippen molar-refractivity contribution in [3.05, 3.63) is 71.8 Å². The van der Waals surface area contributed by atoms with E-state index in [1.165, 1.54) is 24.4 Å². The fourth-order valence-corrected chi connectivity index (χ4v) is 2.62. The van der Waals surface area contributed by atoms with Gasteiger partial charge in [0.05, 0.1) is 18.3 Å². The number of carbonyl (C=O) groups excluding carboxylic acids is 1. The van der Waals surface area contributed by atoms with Crippen LogP contribution >= 0.6 is 0 Å². The van der Waals surface area contributed by atoms with Gasteiger partial charge in [-0.3, -0.25) is 4.79 Å². The number of phenolic OH excluding ortho intramolecular Hbond substituents is 1. The Morgan fingerprint density at radius 1 is 1.07 bits per heavy atom. The molecule has 0 unspecified atom stereocenters. The minimum absolute atomic E-state index is 0.0128. The quantitative estimate of drug-likeness (QED) is 0.455. The van der Waals surface area contributed by atoms with E-state index in [0.717, 1.165) is 22.9 Å². The Kier molecular flexibility index (Phi) is 5.49. The van der Waals surface area contributed by atoms with E-state index in [1.807, 2.05) is 24.3 Å². The highest BCUT2D eigenvalue weighted by Crippen LogP contribution is 2.30. The number of amides is 1. The number of aromatic hydroxyl groups is 1. The second kappa shape index (κ2) is 7.99. The van der Waals surface area contributed by atoms with Gasteiger partial charge in [-0.25, -0.2) is 5.43 Å². The number of hydrogen-bond acceptors (Lipinski definition) is 4. The number of nitrogens with one attached hydrogen (secondary N) is 2. The molecule has 0 saturated carbocycles. The van der Waals surface area contributed by atoms with Crippen LogP contribution in [0.25, 0.3) is 10.8 Å². The number of benzene rings is 3. The molecule has 1 amide bonds. The van der Waals surface area contributed by atoms with Crippen LogP contribution < -0.4 is 10.7 Å². The lowest BCUT2D eigenvalue weighted by Crippen LogP contribution is -2.26. The number of hydrazone groups is 1. The van der Waals surface area contributed by atoms with Gasteiger partial charge < -0.3 is 10.4 Å². The Morgan fingerprint density at radius 2 is 1.86 bits per heavy atom. The maximum Gasteiger partial charge on any atom is 0.416 e. The standard InChI is InChI=1S/C20H16F3N3O2/c21-20(22,23)14-5-3-6-15(10-14)24-12-19(28)26-25-11-17-16-7-2-1-4-13(16)8-9-18(17)27/h1-11,24,27H,12H2,(H,26,28)/b25-11+. The molecule has 0 aromatic heterocycles. The van der Waals surface area contributed by atoms with E-state index < -0.39 is 17.6 Å². The van der Waals surface area contributed by atoms with Crippen molar-refractivity contribution < 1.29 is 23.1 Å². The smallest absolute Gasteiger partial charge is 0.416 e. The molecule has 0 aliphatic heterocycles. The maximum absolute atomic E-state index is 12.7. The minimum atomic E-state index is -4.45. The van der Waals surface area contributed by atoms with Crippen LogP contribution in [-0.2, 0) is 11.0 Å². The summed E-state index contributed by atoms with van der Waals surface area (Å²) in [4.78, 5) is 11.9. The summed E-state index contributed by atoms with van der Waals surface area (Å²) in [5.41, 5.74) is 2.09. The summed E-state index contributed by atoms with van der Waals surface area (Å²) in [6.07, 6.45) is -3.13. The normalized spacial score (nSPS) is 11.7. The van der Waals surface area contributed by atoms with E-state index >= 15 is 0 Å². The third-order valence-corrected chi connectivity index (χ3v) is 3.97. The number of hydrogen-bond donors (Lipinski definition) is 3. The molecular weight excluding hydrogens is 371 g/mol. The zero-order valence-corrected chi connectivity index (χ0v) is 14.5. The van der Waals surface area contributed by atoms with Crippen LogP contribution in [0, 0.1) is 0 Å². The van der Waals surface area contributed by atoms with Crippen molar-refractivity contribution in [1.29, 1.82) is 0 Å². The molecule has 0 atom stereocenters. The Balaban J connectivity index is 1.62. The van der Waals surface area contributed by atoms with Gasteiger partial charge in [-0.2, -0.15) is 18.3 Å². The van der Waals surface area contributed by atoms with Crippen molar-refractivity contribution in [3.63, 3.8) is 0 Å². The van der Waals surface area contributed by atoms with Crippen LogP contribution in [-0.4, -0.2) is 23.8 Å². The second-order valence-corrected chi connectivity index (χ2v) is 5.94. The van der Waals surface area contributed by atoms with Gasteiger partial charge >= 0.3 is 6.18 Å². The Bertz CT molecular complexity index is 1030. The van der Waals surface area contributed by atoms with Gasteiger partial charge in [-0.15, -0.1) is 0 Å². The molecule has 3 aromatic rings. The lowest BCUT2D eigenvalue weighted by molar-refractivity contribution is -0.137. The first kappa shape index (κ1) is 19.2. The summed E-state index contributed by atoms with van der Waals surface area (Å²) in [6.45, 7) is -0.264. The number of halogens is 3. The molecule has 0 aliphatic carbocycles. The summed E-state index contributed by atoms with van der Waals surface area (Å²) in [5, 5.41) is 18.1.